The minimum absolute atomic E-state index is 0.489. The van der Waals surface area contributed by atoms with Crippen LogP contribution in [0.5, 0.6) is 0 Å². The summed E-state index contributed by atoms with van der Waals surface area (Å²) in [5.74, 6) is 1.40. The maximum atomic E-state index is 2.54. The lowest BCUT2D eigenvalue weighted by atomic mass is 10.1. The lowest BCUT2D eigenvalue weighted by Crippen LogP contribution is -1.82. The van der Waals surface area contributed by atoms with Crippen LogP contribution in [0.15, 0.2) is 16.8 Å². The largest absolute Gasteiger partial charge is 0.140 e. The lowest BCUT2D eigenvalue weighted by Gasteiger charge is -1.95. The van der Waals surface area contributed by atoms with E-state index < -0.39 is 0 Å². The Morgan fingerprint density at radius 3 is 2.29 bits per heavy atom. The maximum absolute atomic E-state index is 2.54. The fraction of sp³-hybridized carbons (Fsp3) is 0.750. The van der Waals surface area contributed by atoms with Crippen molar-refractivity contribution >= 4 is 10.5 Å². The van der Waals surface area contributed by atoms with Crippen molar-refractivity contribution in [2.75, 3.05) is 0 Å². The molecule has 0 aliphatic rings. The highest BCUT2D eigenvalue weighted by Crippen LogP contribution is 2.25. The van der Waals surface area contributed by atoms with E-state index in [1.54, 1.807) is 5.56 Å². The van der Waals surface area contributed by atoms with Crippen LogP contribution in [0.4, 0.5) is 0 Å². The van der Waals surface area contributed by atoms with Gasteiger partial charge < -0.3 is 0 Å². The standard InChI is InChI=1S/C16H29S/c1-3-5-7-9-11-16-12-14-17(15-16)13-10-8-6-4-2/h12,14-15H,3-11,13H2,1-2H3/q+1. The number of unbranched alkanes of at least 4 members (excludes halogenated alkanes) is 6. The van der Waals surface area contributed by atoms with Crippen molar-refractivity contribution in [3.8, 4) is 0 Å². The summed E-state index contributed by atoms with van der Waals surface area (Å²) in [7, 11) is 0.489. The summed E-state index contributed by atoms with van der Waals surface area (Å²) in [6, 6.07) is 2.38. The van der Waals surface area contributed by atoms with Crippen molar-refractivity contribution in [2.24, 2.45) is 0 Å². The van der Waals surface area contributed by atoms with Gasteiger partial charge in [0.15, 0.2) is 0 Å². The summed E-state index contributed by atoms with van der Waals surface area (Å²) < 4.78 is 0. The molecule has 0 aliphatic carbocycles. The molecule has 0 bridgehead atoms. The zero-order valence-corrected chi connectivity index (χ0v) is 12.5. The first-order chi connectivity index (χ1) is 8.36. The number of hydrogen-bond acceptors (Lipinski definition) is 0. The molecule has 0 saturated carbocycles. The highest BCUT2D eigenvalue weighted by Gasteiger charge is 2.06. The molecule has 98 valence electrons. The second-order valence-electron chi connectivity index (χ2n) is 5.04. The van der Waals surface area contributed by atoms with E-state index >= 15 is 0 Å². The molecule has 1 unspecified atom stereocenters. The molecule has 1 aromatic heterocycles. The molecule has 1 heteroatoms. The Bertz CT molecular complexity index is 248. The zero-order valence-electron chi connectivity index (χ0n) is 11.7. The van der Waals surface area contributed by atoms with E-state index in [4.69, 9.17) is 0 Å². The fourth-order valence-corrected chi connectivity index (χ4v) is 3.97. The molecule has 0 nitrogen and oxygen atoms in total. The Morgan fingerprint density at radius 2 is 1.59 bits per heavy atom. The minimum atomic E-state index is 0.489. The van der Waals surface area contributed by atoms with Crippen LogP contribution in [0, 0.1) is 0 Å². The maximum Gasteiger partial charge on any atom is 0.140 e. The van der Waals surface area contributed by atoms with Crippen LogP contribution in [0.1, 0.15) is 70.8 Å². The molecule has 1 atom stereocenters. The summed E-state index contributed by atoms with van der Waals surface area (Å²) in [6.45, 7) is 4.56. The number of aryl methyl sites for hydroxylation is 2. The van der Waals surface area contributed by atoms with Gasteiger partial charge in [-0.3, -0.25) is 0 Å². The average molecular weight is 253 g/mol. The van der Waals surface area contributed by atoms with E-state index in [0.29, 0.717) is 10.5 Å². The van der Waals surface area contributed by atoms with Gasteiger partial charge in [-0.25, -0.2) is 0 Å². The van der Waals surface area contributed by atoms with Crippen LogP contribution < -0.4 is 0 Å². The van der Waals surface area contributed by atoms with Gasteiger partial charge in [-0.2, -0.15) is 0 Å². The Kier molecular flexibility index (Phi) is 8.42. The first kappa shape index (κ1) is 14.8. The van der Waals surface area contributed by atoms with Crippen molar-refractivity contribution in [3.63, 3.8) is 0 Å². The van der Waals surface area contributed by atoms with E-state index in [1.165, 1.54) is 63.5 Å². The van der Waals surface area contributed by atoms with Gasteiger partial charge in [-0.1, -0.05) is 46.0 Å². The van der Waals surface area contributed by atoms with Crippen molar-refractivity contribution in [1.82, 2.24) is 0 Å². The SMILES string of the molecule is CCCCCCc1cc[s+](CCCCCC)c1. The smallest absolute Gasteiger partial charge is 0.0654 e. The summed E-state index contributed by atoms with van der Waals surface area (Å²) in [6.07, 6.45) is 12.5. The van der Waals surface area contributed by atoms with Gasteiger partial charge >= 0.3 is 0 Å². The first-order valence-electron chi connectivity index (χ1n) is 7.44. The fourth-order valence-electron chi connectivity index (χ4n) is 2.17. The molecule has 0 fully saturated rings. The molecule has 1 heterocycles. The Hall–Kier alpha value is -0.300. The van der Waals surface area contributed by atoms with Crippen molar-refractivity contribution < 1.29 is 0 Å². The van der Waals surface area contributed by atoms with Crippen molar-refractivity contribution in [1.29, 1.82) is 0 Å². The van der Waals surface area contributed by atoms with Gasteiger partial charge in [0.2, 0.25) is 0 Å². The lowest BCUT2D eigenvalue weighted by molar-refractivity contribution is 0.667. The highest BCUT2D eigenvalue weighted by molar-refractivity contribution is 7.27. The molecular weight excluding hydrogens is 224 g/mol. The van der Waals surface area contributed by atoms with Crippen LogP contribution in [-0.2, 0) is 12.2 Å². The Balaban J connectivity index is 2.14. The van der Waals surface area contributed by atoms with Crippen LogP contribution >= 0.6 is 10.5 Å². The number of thiophene rings is 1. The third-order valence-corrected chi connectivity index (χ3v) is 5.16. The number of hydrogen-bond donors (Lipinski definition) is 0. The normalized spacial score (nSPS) is 12.0. The van der Waals surface area contributed by atoms with Gasteiger partial charge in [0, 0.05) is 5.56 Å². The molecule has 0 N–H and O–H groups in total. The second-order valence-corrected chi connectivity index (χ2v) is 6.90. The van der Waals surface area contributed by atoms with Crippen molar-refractivity contribution in [3.05, 3.63) is 22.4 Å². The van der Waals surface area contributed by atoms with Crippen LogP contribution in [0.2, 0.25) is 0 Å². The average Bonchev–Trinajstić information content (AvgIpc) is 2.78. The summed E-state index contributed by atoms with van der Waals surface area (Å²) >= 11 is 0. The number of rotatable bonds is 10. The van der Waals surface area contributed by atoms with Crippen LogP contribution in [0.25, 0.3) is 0 Å². The van der Waals surface area contributed by atoms with Gasteiger partial charge in [0.05, 0.1) is 0 Å². The highest BCUT2D eigenvalue weighted by atomic mass is 32.2. The van der Waals surface area contributed by atoms with Gasteiger partial charge in [-0.05, 0) is 42.2 Å². The van der Waals surface area contributed by atoms with Crippen molar-refractivity contribution in [2.45, 2.75) is 77.4 Å². The molecule has 17 heavy (non-hydrogen) atoms. The van der Waals surface area contributed by atoms with E-state index in [0.717, 1.165) is 0 Å². The molecule has 0 spiro atoms. The van der Waals surface area contributed by atoms with E-state index in [2.05, 4.69) is 30.7 Å². The quantitative estimate of drug-likeness (QED) is 0.347. The van der Waals surface area contributed by atoms with Gasteiger partial charge in [0.25, 0.3) is 0 Å². The van der Waals surface area contributed by atoms with E-state index in [-0.39, 0.29) is 0 Å². The Morgan fingerprint density at radius 1 is 0.882 bits per heavy atom. The zero-order chi connectivity index (χ0) is 12.3. The Labute approximate surface area is 110 Å². The predicted octanol–water partition coefficient (Wildman–Crippen LogP) is 6.14. The molecular formula is C16H29S+. The topological polar surface area (TPSA) is 0 Å². The van der Waals surface area contributed by atoms with Crippen LogP contribution in [-0.4, -0.2) is 0 Å². The minimum Gasteiger partial charge on any atom is -0.0654 e. The van der Waals surface area contributed by atoms with Crippen LogP contribution in [0.3, 0.4) is 0 Å². The monoisotopic (exact) mass is 253 g/mol. The molecule has 0 radical (unpaired) electrons. The molecule has 0 amide bonds. The van der Waals surface area contributed by atoms with Gasteiger partial charge in [-0.15, -0.1) is 0 Å². The van der Waals surface area contributed by atoms with E-state index in [1.807, 2.05) is 0 Å². The first-order valence-corrected chi connectivity index (χ1v) is 8.96. The summed E-state index contributed by atoms with van der Waals surface area (Å²) in [4.78, 5) is 0. The third-order valence-electron chi connectivity index (χ3n) is 3.31. The molecule has 1 rings (SSSR count). The molecule has 0 aliphatic heterocycles. The second kappa shape index (κ2) is 9.70. The summed E-state index contributed by atoms with van der Waals surface area (Å²) in [5, 5.41) is 4.99. The third kappa shape index (κ3) is 6.88. The predicted molar refractivity (Wildman–Crippen MR) is 80.9 cm³/mol. The molecule has 1 aromatic rings. The van der Waals surface area contributed by atoms with Gasteiger partial charge in [0.1, 0.15) is 16.5 Å². The van der Waals surface area contributed by atoms with E-state index in [9.17, 15) is 0 Å². The molecule has 0 aromatic carbocycles. The molecule has 0 saturated heterocycles. The summed E-state index contributed by atoms with van der Waals surface area (Å²) in [5.41, 5.74) is 1.61.